The van der Waals surface area contributed by atoms with Crippen LogP contribution in [0.1, 0.15) is 21.5 Å². The molecular weight excluding hydrogens is 438 g/mol. The normalized spacial score (nSPS) is 11.7. The Hall–Kier alpha value is -3.90. The van der Waals surface area contributed by atoms with Gasteiger partial charge in [0.1, 0.15) is 23.9 Å². The number of rotatable bonds is 8. The number of ether oxygens (including phenoxy) is 1. The zero-order chi connectivity index (χ0) is 23.2. The number of pyridine rings is 1. The number of amides is 2. The lowest BCUT2D eigenvalue weighted by Crippen LogP contribution is -2.45. The van der Waals surface area contributed by atoms with E-state index in [4.69, 9.17) is 22.1 Å². The Morgan fingerprint density at radius 1 is 0.939 bits per heavy atom. The van der Waals surface area contributed by atoms with Gasteiger partial charge in [-0.25, -0.2) is 0 Å². The van der Waals surface area contributed by atoms with E-state index >= 15 is 0 Å². The number of carbonyl (C=O) groups is 2. The maximum absolute atomic E-state index is 12.6. The first kappa shape index (κ1) is 22.3. The standard InChI is InChI=1S/C26H22ClN3O3/c27-21-12-13-23(24-20(21)7-4-14-29-24)33-16-18-8-10-19(11-9-18)26(32)30-22(25(28)31)15-17-5-2-1-3-6-17/h1-14,22H,15-16H2,(H2,28,31)(H,30,32). The first-order chi connectivity index (χ1) is 16.0. The van der Waals surface area contributed by atoms with Crippen LogP contribution in [-0.2, 0) is 17.8 Å². The fourth-order valence-corrected chi connectivity index (χ4v) is 3.67. The minimum Gasteiger partial charge on any atom is -0.487 e. The van der Waals surface area contributed by atoms with Crippen molar-refractivity contribution in [2.75, 3.05) is 0 Å². The monoisotopic (exact) mass is 459 g/mol. The predicted molar refractivity (Wildman–Crippen MR) is 128 cm³/mol. The Labute approximate surface area is 196 Å². The van der Waals surface area contributed by atoms with Crippen molar-refractivity contribution in [3.05, 3.63) is 107 Å². The number of primary amides is 1. The summed E-state index contributed by atoms with van der Waals surface area (Å²) in [5.41, 5.74) is 8.41. The fraction of sp³-hybridized carbons (Fsp3) is 0.115. The van der Waals surface area contributed by atoms with Crippen molar-refractivity contribution in [3.63, 3.8) is 0 Å². The molecule has 1 heterocycles. The van der Waals surface area contributed by atoms with Gasteiger partial charge < -0.3 is 15.8 Å². The van der Waals surface area contributed by atoms with Gasteiger partial charge in [0.15, 0.2) is 0 Å². The summed E-state index contributed by atoms with van der Waals surface area (Å²) in [6.45, 7) is 0.299. The van der Waals surface area contributed by atoms with Crippen molar-refractivity contribution in [1.29, 1.82) is 0 Å². The number of nitrogens with two attached hydrogens (primary N) is 1. The van der Waals surface area contributed by atoms with E-state index in [1.54, 1.807) is 42.6 Å². The maximum atomic E-state index is 12.6. The molecule has 3 N–H and O–H groups in total. The molecule has 166 valence electrons. The Kier molecular flexibility index (Phi) is 6.86. The molecule has 0 aliphatic heterocycles. The van der Waals surface area contributed by atoms with Crippen LogP contribution in [0.3, 0.4) is 0 Å². The van der Waals surface area contributed by atoms with Crippen molar-refractivity contribution in [2.24, 2.45) is 5.73 Å². The molecule has 3 aromatic carbocycles. The average Bonchev–Trinajstić information content (AvgIpc) is 2.84. The third-order valence-corrected chi connectivity index (χ3v) is 5.55. The lowest BCUT2D eigenvalue weighted by atomic mass is 10.0. The number of aromatic nitrogens is 1. The first-order valence-corrected chi connectivity index (χ1v) is 10.8. The summed E-state index contributed by atoms with van der Waals surface area (Å²) in [6.07, 6.45) is 2.02. The van der Waals surface area contributed by atoms with E-state index in [2.05, 4.69) is 10.3 Å². The molecule has 1 atom stereocenters. The third-order valence-electron chi connectivity index (χ3n) is 5.22. The minimum absolute atomic E-state index is 0.299. The molecule has 0 aliphatic rings. The second-order valence-electron chi connectivity index (χ2n) is 7.55. The fourth-order valence-electron chi connectivity index (χ4n) is 3.46. The van der Waals surface area contributed by atoms with Gasteiger partial charge in [-0.05, 0) is 47.5 Å². The van der Waals surface area contributed by atoms with E-state index in [-0.39, 0.29) is 5.91 Å². The highest BCUT2D eigenvalue weighted by atomic mass is 35.5. The van der Waals surface area contributed by atoms with Crippen molar-refractivity contribution in [3.8, 4) is 5.75 Å². The summed E-state index contributed by atoms with van der Waals surface area (Å²) in [6, 6.07) is 22.9. The topological polar surface area (TPSA) is 94.3 Å². The minimum atomic E-state index is -0.798. The molecule has 6 nitrogen and oxygen atoms in total. The Morgan fingerprint density at radius 2 is 1.70 bits per heavy atom. The zero-order valence-corrected chi connectivity index (χ0v) is 18.5. The summed E-state index contributed by atoms with van der Waals surface area (Å²) in [5.74, 6) is -0.321. The highest BCUT2D eigenvalue weighted by Gasteiger charge is 2.19. The molecule has 0 spiro atoms. The molecule has 0 radical (unpaired) electrons. The average molecular weight is 460 g/mol. The molecule has 1 unspecified atom stereocenters. The van der Waals surface area contributed by atoms with Gasteiger partial charge >= 0.3 is 0 Å². The molecule has 0 saturated carbocycles. The van der Waals surface area contributed by atoms with Crippen molar-refractivity contribution in [1.82, 2.24) is 10.3 Å². The van der Waals surface area contributed by atoms with Gasteiger partial charge in [-0.15, -0.1) is 0 Å². The summed E-state index contributed by atoms with van der Waals surface area (Å²) >= 11 is 6.23. The molecule has 7 heteroatoms. The van der Waals surface area contributed by atoms with E-state index in [0.29, 0.717) is 34.9 Å². The maximum Gasteiger partial charge on any atom is 0.251 e. The molecule has 4 rings (SSSR count). The molecule has 1 aromatic heterocycles. The van der Waals surface area contributed by atoms with E-state index < -0.39 is 11.9 Å². The number of hydrogen-bond donors (Lipinski definition) is 2. The van der Waals surface area contributed by atoms with Gasteiger partial charge in [0.2, 0.25) is 5.91 Å². The Bertz CT molecular complexity index is 1280. The molecule has 33 heavy (non-hydrogen) atoms. The molecule has 2 amide bonds. The largest absolute Gasteiger partial charge is 0.487 e. The summed E-state index contributed by atoms with van der Waals surface area (Å²) in [5, 5.41) is 4.15. The highest BCUT2D eigenvalue weighted by molar-refractivity contribution is 6.35. The van der Waals surface area contributed by atoms with Crippen LogP contribution in [0.5, 0.6) is 5.75 Å². The van der Waals surface area contributed by atoms with Crippen LogP contribution in [0.15, 0.2) is 85.1 Å². The number of hydrogen-bond acceptors (Lipinski definition) is 4. The van der Waals surface area contributed by atoms with Crippen molar-refractivity contribution in [2.45, 2.75) is 19.1 Å². The lowest BCUT2D eigenvalue weighted by Gasteiger charge is -2.16. The lowest BCUT2D eigenvalue weighted by molar-refractivity contribution is -0.119. The van der Waals surface area contributed by atoms with Gasteiger partial charge in [0.05, 0.1) is 5.02 Å². The van der Waals surface area contributed by atoms with E-state index in [1.165, 1.54) is 0 Å². The van der Waals surface area contributed by atoms with Gasteiger partial charge in [0, 0.05) is 23.6 Å². The number of fused-ring (bicyclic) bond motifs is 1. The number of nitrogens with one attached hydrogen (secondary N) is 1. The molecule has 0 saturated heterocycles. The van der Waals surface area contributed by atoms with E-state index in [0.717, 1.165) is 16.5 Å². The summed E-state index contributed by atoms with van der Waals surface area (Å²) in [4.78, 5) is 28.8. The Balaban J connectivity index is 1.40. The molecule has 4 aromatic rings. The van der Waals surface area contributed by atoms with Crippen LogP contribution in [0.4, 0.5) is 0 Å². The van der Waals surface area contributed by atoms with Crippen molar-refractivity contribution < 1.29 is 14.3 Å². The number of nitrogens with zero attached hydrogens (tertiary/aromatic N) is 1. The van der Waals surface area contributed by atoms with Gasteiger partial charge in [-0.2, -0.15) is 0 Å². The Morgan fingerprint density at radius 3 is 2.42 bits per heavy atom. The molecule has 0 fully saturated rings. The molecule has 0 aliphatic carbocycles. The molecule has 0 bridgehead atoms. The third kappa shape index (κ3) is 5.48. The smallest absolute Gasteiger partial charge is 0.251 e. The quantitative estimate of drug-likeness (QED) is 0.411. The highest BCUT2D eigenvalue weighted by Crippen LogP contribution is 2.30. The van der Waals surface area contributed by atoms with Crippen LogP contribution < -0.4 is 15.8 Å². The second kappa shape index (κ2) is 10.1. The van der Waals surface area contributed by atoms with Gasteiger partial charge in [-0.3, -0.25) is 14.6 Å². The molecular formula is C26H22ClN3O3. The van der Waals surface area contributed by atoms with Crippen molar-refractivity contribution >= 4 is 34.3 Å². The van der Waals surface area contributed by atoms with Crippen LogP contribution in [0.2, 0.25) is 5.02 Å². The van der Waals surface area contributed by atoms with Crippen LogP contribution in [0.25, 0.3) is 10.9 Å². The van der Waals surface area contributed by atoms with Crippen LogP contribution in [0, 0.1) is 0 Å². The van der Waals surface area contributed by atoms with Crippen LogP contribution >= 0.6 is 11.6 Å². The SMILES string of the molecule is NC(=O)C(Cc1ccccc1)NC(=O)c1ccc(COc2ccc(Cl)c3cccnc23)cc1. The van der Waals surface area contributed by atoms with E-state index in [1.807, 2.05) is 42.5 Å². The first-order valence-electron chi connectivity index (χ1n) is 10.4. The second-order valence-corrected chi connectivity index (χ2v) is 7.96. The number of halogens is 1. The van der Waals surface area contributed by atoms with Gasteiger partial charge in [-0.1, -0.05) is 54.1 Å². The number of carbonyl (C=O) groups excluding carboxylic acids is 2. The van der Waals surface area contributed by atoms with Crippen LogP contribution in [-0.4, -0.2) is 22.8 Å². The summed E-state index contributed by atoms with van der Waals surface area (Å²) in [7, 11) is 0. The predicted octanol–water partition coefficient (Wildman–Crippen LogP) is 4.29. The summed E-state index contributed by atoms with van der Waals surface area (Å²) < 4.78 is 5.94. The van der Waals surface area contributed by atoms with E-state index in [9.17, 15) is 9.59 Å². The zero-order valence-electron chi connectivity index (χ0n) is 17.7. The van der Waals surface area contributed by atoms with Gasteiger partial charge in [0.25, 0.3) is 5.91 Å². The number of benzene rings is 3.